The van der Waals surface area contributed by atoms with Gasteiger partial charge in [0.15, 0.2) is 5.75 Å². The van der Waals surface area contributed by atoms with Crippen LogP contribution in [0.4, 0.5) is 0 Å². The summed E-state index contributed by atoms with van der Waals surface area (Å²) < 4.78 is 5.53. The molecular formula is C19H23N3O2S2. The molecule has 0 saturated heterocycles. The Bertz CT molecular complexity index is 963. The maximum atomic E-state index is 12.2. The zero-order chi connectivity index (χ0) is 18.7. The fraction of sp³-hybridized carbons (Fsp3) is 0.421. The molecule has 0 saturated carbocycles. The molecule has 138 valence electrons. The first-order valence-electron chi connectivity index (χ1n) is 8.70. The quantitative estimate of drug-likeness (QED) is 0.473. The van der Waals surface area contributed by atoms with Crippen molar-refractivity contribution >= 4 is 33.3 Å². The van der Waals surface area contributed by atoms with Crippen LogP contribution >= 0.6 is 23.1 Å². The van der Waals surface area contributed by atoms with E-state index in [0.717, 1.165) is 33.2 Å². The lowest BCUT2D eigenvalue weighted by atomic mass is 10.2. The van der Waals surface area contributed by atoms with Crippen LogP contribution in [0.3, 0.4) is 0 Å². The Morgan fingerprint density at radius 2 is 2.12 bits per heavy atom. The van der Waals surface area contributed by atoms with Gasteiger partial charge in [0.2, 0.25) is 5.43 Å². The molecular weight excluding hydrogens is 366 g/mol. The third-order valence-corrected chi connectivity index (χ3v) is 5.96. The monoisotopic (exact) mass is 389 g/mol. The van der Waals surface area contributed by atoms with Crippen molar-refractivity contribution in [2.45, 2.75) is 44.9 Å². The Kier molecular flexibility index (Phi) is 5.98. The van der Waals surface area contributed by atoms with E-state index in [1.165, 1.54) is 4.88 Å². The second-order valence-corrected chi connectivity index (χ2v) is 8.62. The second-order valence-electron chi connectivity index (χ2n) is 6.54. The van der Waals surface area contributed by atoms with Crippen molar-refractivity contribution in [3.63, 3.8) is 0 Å². The van der Waals surface area contributed by atoms with Crippen LogP contribution in [-0.4, -0.2) is 21.6 Å². The number of aromatic amines is 1. The predicted octanol–water partition coefficient (Wildman–Crippen LogP) is 4.58. The zero-order valence-electron chi connectivity index (χ0n) is 15.5. The first-order chi connectivity index (χ1) is 12.5. The molecule has 3 heterocycles. The number of fused-ring (bicyclic) bond motifs is 1. The van der Waals surface area contributed by atoms with Crippen LogP contribution < -0.4 is 10.2 Å². The van der Waals surface area contributed by atoms with Gasteiger partial charge in [-0.1, -0.05) is 32.5 Å². The fourth-order valence-corrected chi connectivity index (χ4v) is 4.47. The Hall–Kier alpha value is -1.86. The number of nitrogens with zero attached hydrogens (tertiary/aromatic N) is 2. The molecule has 0 aromatic carbocycles. The van der Waals surface area contributed by atoms with Gasteiger partial charge in [0.25, 0.3) is 0 Å². The number of aromatic nitrogens is 3. The molecule has 7 heteroatoms. The van der Waals surface area contributed by atoms with Crippen LogP contribution in [0.15, 0.2) is 28.2 Å². The molecule has 0 unspecified atom stereocenters. The highest BCUT2D eigenvalue weighted by atomic mass is 32.2. The van der Waals surface area contributed by atoms with E-state index >= 15 is 0 Å². The minimum absolute atomic E-state index is 0.0900. The van der Waals surface area contributed by atoms with Crippen molar-refractivity contribution in [1.29, 1.82) is 0 Å². The van der Waals surface area contributed by atoms with Gasteiger partial charge >= 0.3 is 0 Å². The summed E-state index contributed by atoms with van der Waals surface area (Å²) in [5, 5.41) is 2.06. The van der Waals surface area contributed by atoms with E-state index < -0.39 is 0 Å². The Labute approximate surface area is 161 Å². The van der Waals surface area contributed by atoms with Gasteiger partial charge in [-0.2, -0.15) is 0 Å². The molecule has 0 bridgehead atoms. The van der Waals surface area contributed by atoms with Crippen LogP contribution in [0, 0.1) is 12.8 Å². The van der Waals surface area contributed by atoms with Crippen LogP contribution in [-0.2, 0) is 12.2 Å². The summed E-state index contributed by atoms with van der Waals surface area (Å²) in [5.74, 6) is 2.17. The van der Waals surface area contributed by atoms with E-state index in [9.17, 15) is 4.79 Å². The number of nitrogens with one attached hydrogen (secondary N) is 1. The summed E-state index contributed by atoms with van der Waals surface area (Å²) in [4.78, 5) is 26.8. The molecule has 0 radical (unpaired) electrons. The maximum Gasteiger partial charge on any atom is 0.223 e. The van der Waals surface area contributed by atoms with Crippen LogP contribution in [0.2, 0.25) is 0 Å². The molecule has 0 fully saturated rings. The molecule has 3 aromatic rings. The number of thioether (sulfide) groups is 1. The Morgan fingerprint density at radius 3 is 2.81 bits per heavy atom. The average Bonchev–Trinajstić information content (AvgIpc) is 3.01. The van der Waals surface area contributed by atoms with E-state index in [-0.39, 0.29) is 5.43 Å². The number of rotatable bonds is 7. The molecule has 0 aliphatic carbocycles. The number of thiophene rings is 1. The van der Waals surface area contributed by atoms with Crippen molar-refractivity contribution in [2.24, 2.45) is 5.92 Å². The highest BCUT2D eigenvalue weighted by Gasteiger charge is 2.11. The predicted molar refractivity (Wildman–Crippen MR) is 108 cm³/mol. The van der Waals surface area contributed by atoms with Crippen molar-refractivity contribution in [1.82, 2.24) is 15.0 Å². The van der Waals surface area contributed by atoms with Crippen molar-refractivity contribution in [2.75, 3.05) is 6.61 Å². The minimum Gasteiger partial charge on any atom is -0.488 e. The molecule has 0 spiro atoms. The van der Waals surface area contributed by atoms with Crippen LogP contribution in [0.1, 0.15) is 37.2 Å². The highest BCUT2D eigenvalue weighted by molar-refractivity contribution is 7.98. The number of aryl methyl sites for hydroxylation is 2. The van der Waals surface area contributed by atoms with E-state index in [0.29, 0.717) is 24.0 Å². The van der Waals surface area contributed by atoms with Gasteiger partial charge in [0.05, 0.1) is 6.61 Å². The first-order valence-corrected chi connectivity index (χ1v) is 10.5. The van der Waals surface area contributed by atoms with Gasteiger partial charge in [0.1, 0.15) is 15.7 Å². The smallest absolute Gasteiger partial charge is 0.223 e. The molecule has 0 amide bonds. The fourth-order valence-electron chi connectivity index (χ4n) is 2.43. The lowest BCUT2D eigenvalue weighted by molar-refractivity contribution is 0.268. The molecule has 0 aliphatic rings. The molecule has 26 heavy (non-hydrogen) atoms. The minimum atomic E-state index is -0.0900. The standard InChI is InChI=1S/C19H23N3O2S2/c1-5-14-7-15-18(21-12(4)22-19(15)26-14)25-10-13-6-16(23)17(8-20-13)24-9-11(2)3/h6-8,11H,5,9-10H2,1-4H3,(H,20,23). The zero-order valence-corrected chi connectivity index (χ0v) is 17.1. The maximum absolute atomic E-state index is 12.2. The summed E-state index contributed by atoms with van der Waals surface area (Å²) in [6.45, 7) is 8.70. The highest BCUT2D eigenvalue weighted by Crippen LogP contribution is 2.32. The molecule has 1 N–H and O–H groups in total. The lowest BCUT2D eigenvalue weighted by Crippen LogP contribution is -2.13. The Balaban J connectivity index is 1.77. The summed E-state index contributed by atoms with van der Waals surface area (Å²) in [6.07, 6.45) is 2.65. The van der Waals surface area contributed by atoms with E-state index in [1.54, 1.807) is 35.4 Å². The van der Waals surface area contributed by atoms with Gasteiger partial charge < -0.3 is 9.72 Å². The second kappa shape index (κ2) is 8.22. The molecule has 0 aliphatic heterocycles. The van der Waals surface area contributed by atoms with Gasteiger partial charge in [-0.15, -0.1) is 11.3 Å². The number of pyridine rings is 1. The summed E-state index contributed by atoms with van der Waals surface area (Å²) in [6, 6.07) is 3.78. The van der Waals surface area contributed by atoms with E-state index in [2.05, 4.69) is 41.8 Å². The van der Waals surface area contributed by atoms with Gasteiger partial charge in [-0.05, 0) is 25.3 Å². The normalized spacial score (nSPS) is 11.4. The van der Waals surface area contributed by atoms with Crippen LogP contribution in [0.5, 0.6) is 5.75 Å². The topological polar surface area (TPSA) is 67.9 Å². The van der Waals surface area contributed by atoms with Gasteiger partial charge in [-0.3, -0.25) is 4.79 Å². The van der Waals surface area contributed by atoms with Gasteiger partial charge in [-0.25, -0.2) is 9.97 Å². The first kappa shape index (κ1) is 18.9. The largest absolute Gasteiger partial charge is 0.488 e. The Morgan fingerprint density at radius 1 is 1.31 bits per heavy atom. The van der Waals surface area contributed by atoms with Crippen LogP contribution in [0.25, 0.3) is 10.2 Å². The van der Waals surface area contributed by atoms with E-state index in [1.807, 2.05) is 6.92 Å². The van der Waals surface area contributed by atoms with E-state index in [4.69, 9.17) is 4.74 Å². The molecule has 5 nitrogen and oxygen atoms in total. The van der Waals surface area contributed by atoms with Crippen molar-refractivity contribution < 1.29 is 4.74 Å². The summed E-state index contributed by atoms with van der Waals surface area (Å²) in [7, 11) is 0. The van der Waals surface area contributed by atoms with Crippen molar-refractivity contribution in [3.05, 3.63) is 44.9 Å². The molecule has 0 atom stereocenters. The number of ether oxygens (including phenoxy) is 1. The third-order valence-electron chi connectivity index (χ3n) is 3.74. The number of hydrogen-bond acceptors (Lipinski definition) is 6. The SMILES string of the molecule is CCc1cc2c(SCc3cc(=O)c(OCC(C)C)c[nH]3)nc(C)nc2s1. The van der Waals surface area contributed by atoms with Crippen molar-refractivity contribution in [3.8, 4) is 5.75 Å². The molecule has 3 rings (SSSR count). The number of H-pyrrole nitrogens is 1. The van der Waals surface area contributed by atoms with Gasteiger partial charge in [0, 0.05) is 34.0 Å². The summed E-state index contributed by atoms with van der Waals surface area (Å²) in [5.41, 5.74) is 0.764. The average molecular weight is 390 g/mol. The number of hydrogen-bond donors (Lipinski definition) is 1. The third kappa shape index (κ3) is 4.45. The lowest BCUT2D eigenvalue weighted by Gasteiger charge is -2.09. The molecule has 3 aromatic heterocycles. The summed E-state index contributed by atoms with van der Waals surface area (Å²) >= 11 is 3.34.